The maximum Gasteiger partial charge on any atom is 0.105 e. The van der Waals surface area contributed by atoms with Gasteiger partial charge in [0, 0.05) is 11.6 Å². The number of allylic oxidation sites excluding steroid dienone is 3. The van der Waals surface area contributed by atoms with Crippen LogP contribution in [0.1, 0.15) is 13.3 Å². The summed E-state index contributed by atoms with van der Waals surface area (Å²) in [6.07, 6.45) is 3.95. The number of halogens is 1. The van der Waals surface area contributed by atoms with Crippen molar-refractivity contribution in [2.75, 3.05) is 0 Å². The smallest absolute Gasteiger partial charge is 0.105 e. The van der Waals surface area contributed by atoms with Crippen LogP contribution in [0.4, 0.5) is 4.39 Å². The van der Waals surface area contributed by atoms with Crippen LogP contribution in [-0.4, -0.2) is 0 Å². The number of hydrogen-bond acceptors (Lipinski definition) is 1. The third kappa shape index (κ3) is 1.31. The Hall–Kier alpha value is -0.790. The van der Waals surface area contributed by atoms with E-state index in [0.717, 1.165) is 6.42 Å². The Balaban J connectivity index is 2.74. The van der Waals surface area contributed by atoms with Crippen LogP contribution in [0.25, 0.3) is 0 Å². The van der Waals surface area contributed by atoms with Crippen LogP contribution in [0.15, 0.2) is 23.7 Å². The predicted molar refractivity (Wildman–Crippen MR) is 35.2 cm³/mol. The molecule has 0 amide bonds. The zero-order valence-corrected chi connectivity index (χ0v) is 5.39. The number of rotatable bonds is 0. The van der Waals surface area contributed by atoms with Crippen LogP contribution in [0.2, 0.25) is 0 Å². The molecule has 1 atom stereocenters. The molecule has 1 nitrogen and oxygen atoms in total. The van der Waals surface area contributed by atoms with Crippen molar-refractivity contribution in [3.8, 4) is 0 Å². The first kappa shape index (κ1) is 6.33. The van der Waals surface area contributed by atoms with Crippen LogP contribution in [0, 0.1) is 5.92 Å². The average molecular weight is 127 g/mol. The van der Waals surface area contributed by atoms with Crippen molar-refractivity contribution < 1.29 is 4.39 Å². The van der Waals surface area contributed by atoms with Gasteiger partial charge in [0.25, 0.3) is 0 Å². The van der Waals surface area contributed by atoms with Crippen molar-refractivity contribution in [1.29, 1.82) is 0 Å². The van der Waals surface area contributed by atoms with E-state index in [1.807, 2.05) is 13.0 Å². The Morgan fingerprint density at radius 1 is 1.78 bits per heavy atom. The molecular formula is C7H10FN. The molecule has 9 heavy (non-hydrogen) atoms. The van der Waals surface area contributed by atoms with E-state index >= 15 is 0 Å². The topological polar surface area (TPSA) is 26.0 Å². The highest BCUT2D eigenvalue weighted by molar-refractivity contribution is 5.23. The van der Waals surface area contributed by atoms with Gasteiger partial charge in [0.15, 0.2) is 0 Å². The van der Waals surface area contributed by atoms with E-state index in [2.05, 4.69) is 0 Å². The molecule has 2 N–H and O–H groups in total. The minimum Gasteiger partial charge on any atom is -0.399 e. The quantitative estimate of drug-likeness (QED) is 0.526. The Bertz CT molecular complexity index is 170. The maximum atomic E-state index is 12.6. The first-order chi connectivity index (χ1) is 4.20. The summed E-state index contributed by atoms with van der Waals surface area (Å²) in [5.74, 6) is -0.0766. The third-order valence-corrected chi connectivity index (χ3v) is 1.48. The zero-order chi connectivity index (χ0) is 6.85. The molecule has 0 heterocycles. The SMILES string of the molecule is CC1CC=C(N)C=C1F. The molecule has 0 bridgehead atoms. The minimum absolute atomic E-state index is 0.0253. The molecule has 0 aromatic heterocycles. The Labute approximate surface area is 54.0 Å². The monoisotopic (exact) mass is 127 g/mol. The summed E-state index contributed by atoms with van der Waals surface area (Å²) in [4.78, 5) is 0. The maximum absolute atomic E-state index is 12.6. The van der Waals surface area contributed by atoms with Crippen molar-refractivity contribution in [1.82, 2.24) is 0 Å². The van der Waals surface area contributed by atoms with Gasteiger partial charge in [0.1, 0.15) is 5.83 Å². The van der Waals surface area contributed by atoms with Gasteiger partial charge in [-0.15, -0.1) is 0 Å². The molecule has 1 aliphatic carbocycles. The van der Waals surface area contributed by atoms with Crippen molar-refractivity contribution >= 4 is 0 Å². The summed E-state index contributed by atoms with van der Waals surface area (Å²) in [5.41, 5.74) is 5.88. The molecule has 0 saturated carbocycles. The summed E-state index contributed by atoms with van der Waals surface area (Å²) >= 11 is 0. The van der Waals surface area contributed by atoms with Crippen molar-refractivity contribution in [3.63, 3.8) is 0 Å². The lowest BCUT2D eigenvalue weighted by Gasteiger charge is -2.10. The van der Waals surface area contributed by atoms with Crippen molar-refractivity contribution in [2.24, 2.45) is 11.7 Å². The number of nitrogens with two attached hydrogens (primary N) is 1. The molecule has 1 unspecified atom stereocenters. The molecule has 0 aliphatic heterocycles. The fourth-order valence-electron chi connectivity index (χ4n) is 0.786. The van der Waals surface area contributed by atoms with Crippen molar-refractivity contribution in [3.05, 3.63) is 23.7 Å². The summed E-state index contributed by atoms with van der Waals surface area (Å²) in [6, 6.07) is 0. The lowest BCUT2D eigenvalue weighted by Crippen LogP contribution is -2.04. The Kier molecular flexibility index (Phi) is 1.56. The Morgan fingerprint density at radius 2 is 2.44 bits per heavy atom. The summed E-state index contributed by atoms with van der Waals surface area (Å²) in [5, 5.41) is 0. The molecule has 2 heteroatoms. The largest absolute Gasteiger partial charge is 0.399 e. The van der Waals surface area contributed by atoms with Gasteiger partial charge in [0.05, 0.1) is 0 Å². The van der Waals surface area contributed by atoms with E-state index in [1.165, 1.54) is 6.08 Å². The second kappa shape index (κ2) is 2.21. The molecule has 0 fully saturated rings. The number of hydrogen-bond donors (Lipinski definition) is 1. The third-order valence-electron chi connectivity index (χ3n) is 1.48. The van der Waals surface area contributed by atoms with E-state index in [4.69, 9.17) is 5.73 Å². The van der Waals surface area contributed by atoms with Gasteiger partial charge in [-0.2, -0.15) is 0 Å². The molecule has 0 radical (unpaired) electrons. The van der Waals surface area contributed by atoms with Gasteiger partial charge < -0.3 is 5.73 Å². The van der Waals surface area contributed by atoms with Crippen LogP contribution in [0.3, 0.4) is 0 Å². The average Bonchev–Trinajstić information content (AvgIpc) is 1.80. The fraction of sp³-hybridized carbons (Fsp3) is 0.429. The van der Waals surface area contributed by atoms with Gasteiger partial charge in [-0.3, -0.25) is 0 Å². The second-order valence-electron chi connectivity index (χ2n) is 2.37. The Morgan fingerprint density at radius 3 is 2.89 bits per heavy atom. The van der Waals surface area contributed by atoms with Crippen LogP contribution >= 0.6 is 0 Å². The van der Waals surface area contributed by atoms with E-state index in [0.29, 0.717) is 5.70 Å². The molecule has 1 rings (SSSR count). The molecule has 0 saturated heterocycles. The van der Waals surface area contributed by atoms with E-state index in [1.54, 1.807) is 0 Å². The van der Waals surface area contributed by atoms with Crippen molar-refractivity contribution in [2.45, 2.75) is 13.3 Å². The highest BCUT2D eigenvalue weighted by atomic mass is 19.1. The summed E-state index contributed by atoms with van der Waals surface area (Å²) in [7, 11) is 0. The minimum atomic E-state index is -0.102. The lowest BCUT2D eigenvalue weighted by molar-refractivity contribution is 0.488. The second-order valence-corrected chi connectivity index (χ2v) is 2.37. The first-order valence-electron chi connectivity index (χ1n) is 3.03. The highest BCUT2D eigenvalue weighted by Crippen LogP contribution is 2.21. The van der Waals surface area contributed by atoms with Gasteiger partial charge in [-0.25, -0.2) is 4.39 Å². The van der Waals surface area contributed by atoms with Crippen LogP contribution in [0.5, 0.6) is 0 Å². The van der Waals surface area contributed by atoms with Gasteiger partial charge in [-0.1, -0.05) is 13.0 Å². The molecule has 0 aromatic carbocycles. The summed E-state index contributed by atoms with van der Waals surface area (Å²) < 4.78 is 12.6. The normalized spacial score (nSPS) is 27.1. The standard InChI is InChI=1S/C7H10FN/c1-5-2-3-6(9)4-7(5)8/h3-5H,2,9H2,1H3. The fourth-order valence-corrected chi connectivity index (χ4v) is 0.786. The predicted octanol–water partition coefficient (Wildman–Crippen LogP) is 1.72. The molecule has 1 aliphatic rings. The molecular weight excluding hydrogens is 117 g/mol. The van der Waals surface area contributed by atoms with E-state index < -0.39 is 0 Å². The van der Waals surface area contributed by atoms with E-state index in [9.17, 15) is 4.39 Å². The van der Waals surface area contributed by atoms with Crippen LogP contribution < -0.4 is 5.73 Å². The van der Waals surface area contributed by atoms with Gasteiger partial charge in [-0.05, 0) is 12.5 Å². The molecule has 0 aromatic rings. The van der Waals surface area contributed by atoms with Gasteiger partial charge >= 0.3 is 0 Å². The zero-order valence-electron chi connectivity index (χ0n) is 5.39. The van der Waals surface area contributed by atoms with Gasteiger partial charge in [0.2, 0.25) is 0 Å². The molecule has 50 valence electrons. The summed E-state index contributed by atoms with van der Waals surface area (Å²) in [6.45, 7) is 1.84. The molecule has 0 spiro atoms. The van der Waals surface area contributed by atoms with E-state index in [-0.39, 0.29) is 11.7 Å². The van der Waals surface area contributed by atoms with Crippen LogP contribution in [-0.2, 0) is 0 Å². The highest BCUT2D eigenvalue weighted by Gasteiger charge is 2.10. The first-order valence-corrected chi connectivity index (χ1v) is 3.03. The lowest BCUT2D eigenvalue weighted by atomic mass is 10.0.